The number of hydrogen-bond donors (Lipinski definition) is 2. The Balaban J connectivity index is 1.71. The highest BCUT2D eigenvalue weighted by Gasteiger charge is 2.56. The van der Waals surface area contributed by atoms with Crippen molar-refractivity contribution >= 4 is 11.9 Å². The van der Waals surface area contributed by atoms with Crippen LogP contribution in [0.1, 0.15) is 60.5 Å². The van der Waals surface area contributed by atoms with E-state index in [0.29, 0.717) is 12.5 Å². The van der Waals surface area contributed by atoms with Gasteiger partial charge in [-0.1, -0.05) is 24.3 Å². The van der Waals surface area contributed by atoms with Gasteiger partial charge in [-0.25, -0.2) is 9.18 Å². The molecule has 2 heterocycles. The van der Waals surface area contributed by atoms with E-state index in [0.717, 1.165) is 23.3 Å². The first-order chi connectivity index (χ1) is 18.8. The molecule has 4 rings (SSSR count). The number of urea groups is 1. The minimum atomic E-state index is -4.74. The van der Waals surface area contributed by atoms with Crippen LogP contribution in [0.4, 0.5) is 22.4 Å². The van der Waals surface area contributed by atoms with Crippen molar-refractivity contribution in [2.24, 2.45) is 5.41 Å². The Bertz CT molecular complexity index is 1250. The molecule has 0 spiro atoms. The number of aliphatic hydroxyl groups excluding tert-OH is 2. The Labute approximate surface area is 231 Å². The van der Waals surface area contributed by atoms with Gasteiger partial charge >= 0.3 is 12.2 Å². The third-order valence-electron chi connectivity index (χ3n) is 8.54. The molecular weight excluding hydrogens is 530 g/mol. The molecule has 3 atom stereocenters. The van der Waals surface area contributed by atoms with Crippen LogP contribution >= 0.6 is 0 Å². The quantitative estimate of drug-likeness (QED) is 0.478. The maximum Gasteiger partial charge on any atom is 0.416 e. The van der Waals surface area contributed by atoms with E-state index < -0.39 is 47.1 Å². The second kappa shape index (κ2) is 11.4. The molecular formula is C29H35F4N3O4. The number of carbonyl (C=O) groups excluding carboxylic acids is 2. The summed E-state index contributed by atoms with van der Waals surface area (Å²) < 4.78 is 54.2. The smallest absolute Gasteiger partial charge is 0.396 e. The highest BCUT2D eigenvalue weighted by atomic mass is 19.4. The number of fused-ring (bicyclic) bond motifs is 1. The van der Waals surface area contributed by atoms with Crippen LogP contribution in [0.2, 0.25) is 0 Å². The van der Waals surface area contributed by atoms with E-state index in [4.69, 9.17) is 0 Å². The lowest BCUT2D eigenvalue weighted by Crippen LogP contribution is -2.57. The van der Waals surface area contributed by atoms with Crippen LogP contribution in [-0.2, 0) is 11.0 Å². The van der Waals surface area contributed by atoms with Crippen molar-refractivity contribution in [3.63, 3.8) is 0 Å². The Morgan fingerprint density at radius 2 is 1.77 bits per heavy atom. The summed E-state index contributed by atoms with van der Waals surface area (Å²) in [6, 6.07) is 7.41. The van der Waals surface area contributed by atoms with Gasteiger partial charge in [0, 0.05) is 33.4 Å². The molecule has 0 unspecified atom stereocenters. The van der Waals surface area contributed by atoms with E-state index in [1.54, 1.807) is 16.7 Å². The summed E-state index contributed by atoms with van der Waals surface area (Å²) in [5.74, 6) is -1.20. The van der Waals surface area contributed by atoms with Crippen molar-refractivity contribution in [2.75, 3.05) is 33.4 Å². The van der Waals surface area contributed by atoms with Crippen molar-refractivity contribution in [3.05, 3.63) is 70.5 Å². The molecule has 7 nitrogen and oxygen atoms in total. The van der Waals surface area contributed by atoms with Gasteiger partial charge in [0.05, 0.1) is 29.1 Å². The highest BCUT2D eigenvalue weighted by Crippen LogP contribution is 2.49. The highest BCUT2D eigenvalue weighted by molar-refractivity contribution is 5.86. The predicted molar refractivity (Wildman–Crippen MR) is 140 cm³/mol. The Kier molecular flexibility index (Phi) is 8.46. The number of hydrogen-bond acceptors (Lipinski definition) is 4. The van der Waals surface area contributed by atoms with E-state index >= 15 is 0 Å². The largest absolute Gasteiger partial charge is 0.416 e. The molecule has 0 aliphatic carbocycles. The number of alkyl halides is 3. The molecule has 2 aliphatic rings. The number of nitrogens with zero attached hydrogens (tertiary/aromatic N) is 3. The molecule has 0 radical (unpaired) electrons. The maximum atomic E-state index is 14.2. The first kappa shape index (κ1) is 29.8. The fourth-order valence-electron chi connectivity index (χ4n) is 6.25. The van der Waals surface area contributed by atoms with E-state index in [1.807, 2.05) is 31.2 Å². The topological polar surface area (TPSA) is 84.3 Å². The standard InChI is InChI=1S/C29H35F4N3O4/c1-18-6-4-5-7-23(18)25-24-17-28(8-12-37,9-13-38)26(39)35(24)10-11-36(25)27(40)34(3)19(2)20-14-21(29(31,32)33)16-22(30)15-20/h4-7,14-16,19,24-25,37-38H,8-13,17H2,1-3H3/t19-,24+,25+/m1/s1. The van der Waals surface area contributed by atoms with Crippen LogP contribution in [0.25, 0.3) is 0 Å². The minimum Gasteiger partial charge on any atom is -0.396 e. The van der Waals surface area contributed by atoms with Gasteiger partial charge in [0.15, 0.2) is 0 Å². The lowest BCUT2D eigenvalue weighted by molar-refractivity contribution is -0.140. The molecule has 3 amide bonds. The van der Waals surface area contributed by atoms with Gasteiger partial charge in [-0.2, -0.15) is 13.2 Å². The van der Waals surface area contributed by atoms with Crippen LogP contribution in [0.15, 0.2) is 42.5 Å². The Hall–Kier alpha value is -3.18. The fraction of sp³-hybridized carbons (Fsp3) is 0.517. The summed E-state index contributed by atoms with van der Waals surface area (Å²) in [5, 5.41) is 19.5. The van der Waals surface area contributed by atoms with Gasteiger partial charge < -0.3 is 24.9 Å². The molecule has 218 valence electrons. The lowest BCUT2D eigenvalue weighted by Gasteiger charge is -2.47. The number of halogens is 4. The second-order valence-corrected chi connectivity index (χ2v) is 10.8. The van der Waals surface area contributed by atoms with E-state index in [1.165, 1.54) is 11.9 Å². The molecule has 2 saturated heterocycles. The zero-order valence-corrected chi connectivity index (χ0v) is 22.8. The molecule has 0 bridgehead atoms. The summed E-state index contributed by atoms with van der Waals surface area (Å²) in [6.45, 7) is 3.40. The van der Waals surface area contributed by atoms with Crippen LogP contribution in [-0.4, -0.2) is 76.2 Å². The summed E-state index contributed by atoms with van der Waals surface area (Å²) in [5.41, 5.74) is -0.348. The molecule has 2 aromatic carbocycles. The van der Waals surface area contributed by atoms with Crippen molar-refractivity contribution in [2.45, 2.75) is 57.4 Å². The zero-order chi connectivity index (χ0) is 29.4. The van der Waals surface area contributed by atoms with Gasteiger partial charge in [0.1, 0.15) is 5.82 Å². The molecule has 2 N–H and O–H groups in total. The van der Waals surface area contributed by atoms with Gasteiger partial charge in [-0.15, -0.1) is 0 Å². The molecule has 0 saturated carbocycles. The summed E-state index contributed by atoms with van der Waals surface area (Å²) in [7, 11) is 1.47. The number of amides is 3. The average Bonchev–Trinajstić information content (AvgIpc) is 3.18. The molecule has 40 heavy (non-hydrogen) atoms. The molecule has 2 fully saturated rings. The Morgan fingerprint density at radius 3 is 2.38 bits per heavy atom. The SMILES string of the molecule is Cc1ccccc1[C@H]1[C@@H]2CC(CCO)(CCO)C(=O)N2CCN1C(=O)N(C)[C@H](C)c1cc(F)cc(C(F)(F)F)c1. The van der Waals surface area contributed by atoms with Gasteiger partial charge in [-0.3, -0.25) is 4.79 Å². The zero-order valence-electron chi connectivity index (χ0n) is 22.8. The number of piperazine rings is 1. The molecule has 2 aromatic rings. The van der Waals surface area contributed by atoms with E-state index in [2.05, 4.69) is 0 Å². The third kappa shape index (κ3) is 5.41. The molecule has 2 aliphatic heterocycles. The summed E-state index contributed by atoms with van der Waals surface area (Å²) >= 11 is 0. The minimum absolute atomic E-state index is 0.00945. The normalized spacial score (nSPS) is 21.4. The Morgan fingerprint density at radius 1 is 1.12 bits per heavy atom. The van der Waals surface area contributed by atoms with Crippen molar-refractivity contribution in [1.82, 2.24) is 14.7 Å². The van der Waals surface area contributed by atoms with Crippen LogP contribution in [0.3, 0.4) is 0 Å². The van der Waals surface area contributed by atoms with Crippen LogP contribution in [0, 0.1) is 18.2 Å². The first-order valence-electron chi connectivity index (χ1n) is 13.3. The second-order valence-electron chi connectivity index (χ2n) is 10.8. The van der Waals surface area contributed by atoms with Gasteiger partial charge in [0.2, 0.25) is 5.91 Å². The number of aliphatic hydroxyl groups is 2. The van der Waals surface area contributed by atoms with Crippen molar-refractivity contribution < 1.29 is 37.4 Å². The predicted octanol–water partition coefficient (Wildman–Crippen LogP) is 4.67. The summed E-state index contributed by atoms with van der Waals surface area (Å²) in [4.78, 5) is 32.3. The lowest BCUT2D eigenvalue weighted by atomic mass is 9.77. The third-order valence-corrected chi connectivity index (χ3v) is 8.54. The fourth-order valence-corrected chi connectivity index (χ4v) is 6.25. The monoisotopic (exact) mass is 565 g/mol. The first-order valence-corrected chi connectivity index (χ1v) is 13.3. The average molecular weight is 566 g/mol. The molecule has 11 heteroatoms. The van der Waals surface area contributed by atoms with Crippen LogP contribution in [0.5, 0.6) is 0 Å². The van der Waals surface area contributed by atoms with E-state index in [-0.39, 0.29) is 50.6 Å². The number of rotatable bonds is 7. The van der Waals surface area contributed by atoms with Crippen LogP contribution < -0.4 is 0 Å². The summed E-state index contributed by atoms with van der Waals surface area (Å²) in [6.07, 6.45) is -4.04. The van der Waals surface area contributed by atoms with Crippen molar-refractivity contribution in [3.8, 4) is 0 Å². The van der Waals surface area contributed by atoms with Gasteiger partial charge in [0.25, 0.3) is 0 Å². The number of carbonyl (C=O) groups is 2. The number of benzene rings is 2. The van der Waals surface area contributed by atoms with Crippen molar-refractivity contribution in [1.29, 1.82) is 0 Å². The van der Waals surface area contributed by atoms with E-state index in [9.17, 15) is 37.4 Å². The molecule has 0 aromatic heterocycles. The van der Waals surface area contributed by atoms with Gasteiger partial charge in [-0.05, 0) is 68.0 Å². The number of aryl methyl sites for hydroxylation is 1. The maximum absolute atomic E-state index is 14.2.